The highest BCUT2D eigenvalue weighted by molar-refractivity contribution is 7.07. The van der Waals surface area contributed by atoms with E-state index in [2.05, 4.69) is 22.8 Å². The third-order valence-electron chi connectivity index (χ3n) is 7.09. The van der Waals surface area contributed by atoms with Crippen LogP contribution in [-0.2, 0) is 9.53 Å². The van der Waals surface area contributed by atoms with Crippen molar-refractivity contribution in [1.82, 2.24) is 9.13 Å². The first kappa shape index (κ1) is 28.2. The molecule has 0 radical (unpaired) electrons. The second-order valence-corrected chi connectivity index (χ2v) is 10.7. The average molecular weight is 572 g/mol. The quantitative estimate of drug-likeness (QED) is 0.289. The first-order valence-electron chi connectivity index (χ1n) is 13.5. The average Bonchev–Trinajstić information content (AvgIpc) is 3.42. The highest BCUT2D eigenvalue weighted by atomic mass is 32.1. The van der Waals surface area contributed by atoms with E-state index in [0.29, 0.717) is 44.3 Å². The summed E-state index contributed by atoms with van der Waals surface area (Å²) in [7, 11) is 1.57. The molecule has 41 heavy (non-hydrogen) atoms. The van der Waals surface area contributed by atoms with Gasteiger partial charge in [0.2, 0.25) is 0 Å². The van der Waals surface area contributed by atoms with E-state index < -0.39 is 12.0 Å². The zero-order chi connectivity index (χ0) is 29.3. The van der Waals surface area contributed by atoms with Gasteiger partial charge < -0.3 is 18.8 Å². The van der Waals surface area contributed by atoms with E-state index in [1.807, 2.05) is 57.2 Å². The largest absolute Gasteiger partial charge is 0.493 e. The maximum absolute atomic E-state index is 14.1. The lowest BCUT2D eigenvalue weighted by molar-refractivity contribution is -0.139. The maximum Gasteiger partial charge on any atom is 0.338 e. The number of allylic oxidation sites excluding steroid dienone is 1. The van der Waals surface area contributed by atoms with Crippen molar-refractivity contribution in [3.8, 4) is 17.2 Å². The second kappa shape index (κ2) is 11.6. The highest BCUT2D eigenvalue weighted by Gasteiger charge is 2.34. The number of thiazole rings is 1. The van der Waals surface area contributed by atoms with E-state index in [-0.39, 0.29) is 12.2 Å². The molecule has 212 valence electrons. The number of benzene rings is 2. The number of ether oxygens (including phenoxy) is 3. The molecule has 0 bridgehead atoms. The molecule has 9 heteroatoms. The number of esters is 1. The second-order valence-electron chi connectivity index (χ2n) is 9.64. The zero-order valence-electron chi connectivity index (χ0n) is 24.1. The summed E-state index contributed by atoms with van der Waals surface area (Å²) in [6.45, 7) is 10.1. The van der Waals surface area contributed by atoms with E-state index in [9.17, 15) is 9.59 Å². The van der Waals surface area contributed by atoms with E-state index >= 15 is 0 Å². The number of rotatable bonds is 8. The third-order valence-corrected chi connectivity index (χ3v) is 8.07. The number of carbonyl (C=O) groups excluding carboxylic acids is 1. The molecule has 0 aliphatic carbocycles. The molecule has 0 saturated heterocycles. The molecule has 0 N–H and O–H groups in total. The maximum atomic E-state index is 14.1. The summed E-state index contributed by atoms with van der Waals surface area (Å²) < 4.78 is 21.0. The molecular weight excluding hydrogens is 538 g/mol. The van der Waals surface area contributed by atoms with Crippen molar-refractivity contribution in [3.05, 3.63) is 108 Å². The van der Waals surface area contributed by atoms with Crippen molar-refractivity contribution in [2.24, 2.45) is 4.99 Å². The number of aryl methyl sites for hydroxylation is 1. The summed E-state index contributed by atoms with van der Waals surface area (Å²) >= 11 is 1.30. The molecule has 0 saturated carbocycles. The Morgan fingerprint density at radius 2 is 1.78 bits per heavy atom. The summed E-state index contributed by atoms with van der Waals surface area (Å²) in [6, 6.07) is 16.9. The number of para-hydroxylation sites is 1. The number of hydrogen-bond donors (Lipinski definition) is 0. The van der Waals surface area contributed by atoms with Crippen molar-refractivity contribution in [2.45, 2.75) is 40.7 Å². The standard InChI is InChI=1S/C32H33N3O5S/c1-7-39-26-17-22(14-15-25(26)38-6)29-28(31(37)40-8-2)20(4)33-32-35(29)30(36)27(41-32)18-23-16-19(3)34(21(23)5)24-12-10-9-11-13-24/h9-18,29H,7-8H2,1-6H3/b27-18-/t29-/m1/s1. The number of aromatic nitrogens is 2. The molecule has 0 spiro atoms. The first-order chi connectivity index (χ1) is 19.8. The van der Waals surface area contributed by atoms with Crippen molar-refractivity contribution in [1.29, 1.82) is 0 Å². The van der Waals surface area contributed by atoms with Crippen LogP contribution < -0.4 is 24.4 Å². The molecule has 2 aromatic carbocycles. The van der Waals surface area contributed by atoms with Gasteiger partial charge in [-0.2, -0.15) is 0 Å². The number of hydrogen-bond acceptors (Lipinski definition) is 7. The normalized spacial score (nSPS) is 15.0. The van der Waals surface area contributed by atoms with E-state index in [0.717, 1.165) is 22.6 Å². The Kier molecular flexibility index (Phi) is 7.99. The van der Waals surface area contributed by atoms with Crippen molar-refractivity contribution in [3.63, 3.8) is 0 Å². The molecule has 2 aromatic heterocycles. The highest BCUT2D eigenvalue weighted by Crippen LogP contribution is 2.36. The van der Waals surface area contributed by atoms with Crippen molar-refractivity contribution >= 4 is 23.4 Å². The van der Waals surface area contributed by atoms with Crippen LogP contribution >= 0.6 is 11.3 Å². The summed E-state index contributed by atoms with van der Waals surface area (Å²) in [5.41, 5.74) is 5.38. The van der Waals surface area contributed by atoms with Crippen molar-refractivity contribution in [2.75, 3.05) is 20.3 Å². The Balaban J connectivity index is 1.71. The summed E-state index contributed by atoms with van der Waals surface area (Å²) in [5.74, 6) is 0.587. The van der Waals surface area contributed by atoms with Gasteiger partial charge in [-0.25, -0.2) is 9.79 Å². The number of methoxy groups -OCH3 is 1. The van der Waals surface area contributed by atoms with Crippen LogP contribution in [-0.4, -0.2) is 35.4 Å². The Morgan fingerprint density at radius 3 is 2.46 bits per heavy atom. The minimum Gasteiger partial charge on any atom is -0.493 e. The predicted molar refractivity (Wildman–Crippen MR) is 160 cm³/mol. The fourth-order valence-electron chi connectivity index (χ4n) is 5.29. The minimum absolute atomic E-state index is 0.205. The molecule has 0 amide bonds. The number of nitrogens with zero attached hydrogens (tertiary/aromatic N) is 3. The van der Waals surface area contributed by atoms with Gasteiger partial charge in [-0.3, -0.25) is 9.36 Å². The van der Waals surface area contributed by atoms with E-state index in [1.165, 1.54) is 11.3 Å². The molecule has 8 nitrogen and oxygen atoms in total. The van der Waals surface area contributed by atoms with E-state index in [4.69, 9.17) is 19.2 Å². The molecule has 1 aliphatic rings. The fourth-order valence-corrected chi connectivity index (χ4v) is 6.33. The zero-order valence-corrected chi connectivity index (χ0v) is 24.9. The number of fused-ring (bicyclic) bond motifs is 1. The number of carbonyl (C=O) groups is 1. The Labute approximate surface area is 242 Å². The molecule has 0 fully saturated rings. The van der Waals surface area contributed by atoms with Crippen LogP contribution in [0.1, 0.15) is 49.3 Å². The van der Waals surface area contributed by atoms with Gasteiger partial charge in [0.25, 0.3) is 5.56 Å². The van der Waals surface area contributed by atoms with Gasteiger partial charge in [-0.05, 0) is 82.2 Å². The summed E-state index contributed by atoms with van der Waals surface area (Å²) in [5, 5.41) is 0. The monoisotopic (exact) mass is 571 g/mol. The van der Waals surface area contributed by atoms with Gasteiger partial charge in [0.1, 0.15) is 0 Å². The first-order valence-corrected chi connectivity index (χ1v) is 14.3. The Morgan fingerprint density at radius 1 is 1.02 bits per heavy atom. The molecule has 1 atom stereocenters. The third kappa shape index (κ3) is 5.13. The fraction of sp³-hybridized carbons (Fsp3) is 0.281. The van der Waals surface area contributed by atoms with Crippen LogP contribution in [0.25, 0.3) is 11.8 Å². The molecule has 5 rings (SSSR count). The van der Waals surface area contributed by atoms with Gasteiger partial charge in [-0.15, -0.1) is 0 Å². The molecular formula is C32H33N3O5S. The molecule has 1 aliphatic heterocycles. The van der Waals surface area contributed by atoms with Gasteiger partial charge in [0.05, 0.1) is 42.2 Å². The van der Waals surface area contributed by atoms with Gasteiger partial charge in [0, 0.05) is 17.1 Å². The summed E-state index contributed by atoms with van der Waals surface area (Å²) in [6.07, 6.45) is 1.91. The molecule has 0 unspecified atom stereocenters. The van der Waals surface area contributed by atoms with Crippen LogP contribution in [0, 0.1) is 13.8 Å². The van der Waals surface area contributed by atoms with Gasteiger partial charge in [-0.1, -0.05) is 35.6 Å². The van der Waals surface area contributed by atoms with E-state index in [1.54, 1.807) is 31.6 Å². The lowest BCUT2D eigenvalue weighted by Gasteiger charge is -2.25. The Bertz CT molecular complexity index is 1830. The minimum atomic E-state index is -0.741. The molecule has 4 aromatic rings. The van der Waals surface area contributed by atoms with Crippen molar-refractivity contribution < 1.29 is 19.0 Å². The topological polar surface area (TPSA) is 84.1 Å². The van der Waals surface area contributed by atoms with Crippen LogP contribution in [0.4, 0.5) is 0 Å². The Hall–Kier alpha value is -4.37. The summed E-state index contributed by atoms with van der Waals surface area (Å²) in [4.78, 5) is 32.5. The smallest absolute Gasteiger partial charge is 0.338 e. The lowest BCUT2D eigenvalue weighted by Crippen LogP contribution is -2.40. The van der Waals surface area contributed by atoms with Crippen LogP contribution in [0.3, 0.4) is 0 Å². The van der Waals surface area contributed by atoms with Crippen LogP contribution in [0.15, 0.2) is 75.7 Å². The van der Waals surface area contributed by atoms with Gasteiger partial charge >= 0.3 is 5.97 Å². The lowest BCUT2D eigenvalue weighted by atomic mass is 9.95. The predicted octanol–water partition coefficient (Wildman–Crippen LogP) is 4.61. The van der Waals surface area contributed by atoms with Crippen LogP contribution in [0.5, 0.6) is 11.5 Å². The van der Waals surface area contributed by atoms with Crippen LogP contribution in [0.2, 0.25) is 0 Å². The van der Waals surface area contributed by atoms with Gasteiger partial charge in [0.15, 0.2) is 16.3 Å². The SMILES string of the molecule is CCOC(=O)C1=C(C)N=c2s/c(=C\c3cc(C)n(-c4ccccc4)c3C)c(=O)n2[C@@H]1c1ccc(OC)c(OCC)c1. The molecule has 3 heterocycles.